The summed E-state index contributed by atoms with van der Waals surface area (Å²) in [5.41, 5.74) is 2.22. The summed E-state index contributed by atoms with van der Waals surface area (Å²) in [6.45, 7) is -0.239. The Bertz CT molecular complexity index is 1190. The summed E-state index contributed by atoms with van der Waals surface area (Å²) in [6.07, 6.45) is 1.73. The molecule has 1 aromatic heterocycles. The number of rotatable bonds is 6. The summed E-state index contributed by atoms with van der Waals surface area (Å²) in [4.78, 5) is 3.02. The van der Waals surface area contributed by atoms with Gasteiger partial charge in [0.2, 0.25) is 20.0 Å². The first-order chi connectivity index (χ1) is 12.6. The fourth-order valence-electron chi connectivity index (χ4n) is 2.70. The summed E-state index contributed by atoms with van der Waals surface area (Å²) >= 11 is 0. The van der Waals surface area contributed by atoms with Gasteiger partial charge >= 0.3 is 0 Å². The number of halogens is 1. The van der Waals surface area contributed by atoms with Gasteiger partial charge in [-0.1, -0.05) is 12.1 Å². The smallest absolute Gasteiger partial charge is 0.242 e. The van der Waals surface area contributed by atoms with Gasteiger partial charge in [-0.2, -0.15) is 4.31 Å². The molecule has 0 unspecified atom stereocenters. The van der Waals surface area contributed by atoms with Crippen LogP contribution in [0.2, 0.25) is 0 Å². The van der Waals surface area contributed by atoms with Gasteiger partial charge in [0.25, 0.3) is 0 Å². The Kier molecular flexibility index (Phi) is 5.08. The molecule has 3 rings (SSSR count). The molecule has 0 spiro atoms. The lowest BCUT2D eigenvalue weighted by Crippen LogP contribution is -2.33. The summed E-state index contributed by atoms with van der Waals surface area (Å²) in [5, 5.41) is 5.74. The SMILES string of the molecule is CN(CCS(N)(=O)=O)S(=O)(=O)c1ccc(-c2c[nH]c3cc(F)ccc23)cc1. The molecule has 0 amide bonds. The Labute approximate surface area is 156 Å². The third-order valence-corrected chi connectivity index (χ3v) is 6.83. The number of fused-ring (bicyclic) bond motifs is 1. The second kappa shape index (κ2) is 7.04. The molecular weight excluding hydrogens is 393 g/mol. The Morgan fingerprint density at radius 3 is 2.37 bits per heavy atom. The van der Waals surface area contributed by atoms with Gasteiger partial charge < -0.3 is 4.98 Å². The number of hydrogen-bond acceptors (Lipinski definition) is 4. The molecule has 0 saturated heterocycles. The van der Waals surface area contributed by atoms with Crippen molar-refractivity contribution in [2.75, 3.05) is 19.3 Å². The van der Waals surface area contributed by atoms with Crippen LogP contribution in [0.4, 0.5) is 4.39 Å². The van der Waals surface area contributed by atoms with E-state index in [1.807, 2.05) is 0 Å². The molecule has 0 aliphatic heterocycles. The number of nitrogens with zero attached hydrogens (tertiary/aromatic N) is 1. The normalized spacial score (nSPS) is 12.7. The van der Waals surface area contributed by atoms with E-state index in [9.17, 15) is 21.2 Å². The van der Waals surface area contributed by atoms with Crippen molar-refractivity contribution in [2.45, 2.75) is 4.90 Å². The fourth-order valence-corrected chi connectivity index (χ4v) is 4.52. The Morgan fingerprint density at radius 2 is 1.74 bits per heavy atom. The van der Waals surface area contributed by atoms with E-state index in [1.165, 1.54) is 31.3 Å². The topological polar surface area (TPSA) is 113 Å². The number of H-pyrrole nitrogens is 1. The van der Waals surface area contributed by atoms with Crippen LogP contribution in [0.1, 0.15) is 0 Å². The zero-order chi connectivity index (χ0) is 19.8. The van der Waals surface area contributed by atoms with Gasteiger partial charge in [0, 0.05) is 36.3 Å². The minimum Gasteiger partial charge on any atom is -0.360 e. The van der Waals surface area contributed by atoms with Crippen molar-refractivity contribution in [1.82, 2.24) is 9.29 Å². The van der Waals surface area contributed by atoms with Crippen LogP contribution in [-0.4, -0.2) is 45.5 Å². The van der Waals surface area contributed by atoms with Crippen molar-refractivity contribution in [2.24, 2.45) is 5.14 Å². The lowest BCUT2D eigenvalue weighted by atomic mass is 10.1. The van der Waals surface area contributed by atoms with E-state index >= 15 is 0 Å². The minimum atomic E-state index is -3.84. The number of nitrogens with two attached hydrogens (primary N) is 1. The second-order valence-electron chi connectivity index (χ2n) is 6.11. The first-order valence-corrected chi connectivity index (χ1v) is 11.1. The highest BCUT2D eigenvalue weighted by Crippen LogP contribution is 2.30. The van der Waals surface area contributed by atoms with Gasteiger partial charge in [-0.05, 0) is 35.9 Å². The molecule has 0 aliphatic carbocycles. The van der Waals surface area contributed by atoms with Crippen LogP contribution in [0.15, 0.2) is 53.6 Å². The zero-order valence-electron chi connectivity index (χ0n) is 14.4. The molecule has 7 nitrogen and oxygen atoms in total. The highest BCUT2D eigenvalue weighted by Gasteiger charge is 2.22. The van der Waals surface area contributed by atoms with Crippen molar-refractivity contribution in [3.63, 3.8) is 0 Å². The maximum Gasteiger partial charge on any atom is 0.242 e. The van der Waals surface area contributed by atoms with Crippen LogP contribution in [-0.2, 0) is 20.0 Å². The van der Waals surface area contributed by atoms with Crippen LogP contribution in [0.25, 0.3) is 22.0 Å². The third kappa shape index (κ3) is 4.19. The highest BCUT2D eigenvalue weighted by molar-refractivity contribution is 7.90. The first kappa shape index (κ1) is 19.5. The largest absolute Gasteiger partial charge is 0.360 e. The summed E-state index contributed by atoms with van der Waals surface area (Å²) in [6, 6.07) is 10.6. The molecule has 0 atom stereocenters. The van der Waals surface area contributed by atoms with Crippen LogP contribution < -0.4 is 5.14 Å². The van der Waals surface area contributed by atoms with E-state index in [0.29, 0.717) is 5.52 Å². The third-order valence-electron chi connectivity index (χ3n) is 4.21. The molecule has 144 valence electrons. The van der Waals surface area contributed by atoms with E-state index in [4.69, 9.17) is 5.14 Å². The maximum absolute atomic E-state index is 13.3. The fraction of sp³-hybridized carbons (Fsp3) is 0.176. The highest BCUT2D eigenvalue weighted by atomic mass is 32.2. The van der Waals surface area contributed by atoms with Gasteiger partial charge in [-0.3, -0.25) is 0 Å². The zero-order valence-corrected chi connectivity index (χ0v) is 16.0. The molecule has 0 aliphatic rings. The molecule has 0 saturated carbocycles. The molecule has 27 heavy (non-hydrogen) atoms. The van der Waals surface area contributed by atoms with Gasteiger partial charge in [0.15, 0.2) is 0 Å². The predicted octanol–water partition coefficient (Wildman–Crippen LogP) is 1.88. The number of aromatic nitrogens is 1. The molecule has 3 aromatic rings. The Balaban J connectivity index is 1.88. The van der Waals surface area contributed by atoms with Crippen LogP contribution >= 0.6 is 0 Å². The minimum absolute atomic E-state index is 0.0362. The average Bonchev–Trinajstić information content (AvgIpc) is 3.02. The summed E-state index contributed by atoms with van der Waals surface area (Å²) in [5.74, 6) is -0.813. The van der Waals surface area contributed by atoms with Crippen molar-refractivity contribution in [3.05, 3.63) is 54.5 Å². The molecule has 3 N–H and O–H groups in total. The summed E-state index contributed by atoms with van der Waals surface area (Å²) < 4.78 is 61.4. The first-order valence-electron chi connectivity index (χ1n) is 7.92. The van der Waals surface area contributed by atoms with E-state index in [-0.39, 0.29) is 17.3 Å². The average molecular weight is 411 g/mol. The number of hydrogen-bond donors (Lipinski definition) is 2. The molecule has 0 bridgehead atoms. The number of aromatic amines is 1. The monoisotopic (exact) mass is 411 g/mol. The lowest BCUT2D eigenvalue weighted by molar-refractivity contribution is 0.484. The molecule has 1 heterocycles. The van der Waals surface area contributed by atoms with Gasteiger partial charge in [-0.15, -0.1) is 0 Å². The van der Waals surface area contributed by atoms with E-state index in [2.05, 4.69) is 4.98 Å². The number of sulfonamides is 2. The predicted molar refractivity (Wildman–Crippen MR) is 101 cm³/mol. The molecule has 10 heteroatoms. The molecule has 2 aromatic carbocycles. The number of benzene rings is 2. The van der Waals surface area contributed by atoms with Crippen LogP contribution in [0.3, 0.4) is 0 Å². The van der Waals surface area contributed by atoms with Gasteiger partial charge in [-0.25, -0.2) is 26.4 Å². The van der Waals surface area contributed by atoms with Crippen molar-refractivity contribution >= 4 is 30.9 Å². The quantitative estimate of drug-likeness (QED) is 0.645. The van der Waals surface area contributed by atoms with E-state index in [0.717, 1.165) is 20.8 Å². The van der Waals surface area contributed by atoms with E-state index in [1.54, 1.807) is 24.4 Å². The Hall–Kier alpha value is -2.27. The molecular formula is C17H18FN3O4S2. The second-order valence-corrected chi connectivity index (χ2v) is 9.89. The molecule has 0 radical (unpaired) electrons. The standard InChI is InChI=1S/C17H18FN3O4S2/c1-21(8-9-26(19,22)23)27(24,25)14-5-2-12(3-6-14)16-11-20-17-10-13(18)4-7-15(16)17/h2-7,10-11,20H,8-9H2,1H3,(H2,19,22,23). The number of nitrogens with one attached hydrogen (secondary N) is 1. The van der Waals surface area contributed by atoms with Crippen LogP contribution in [0.5, 0.6) is 0 Å². The van der Waals surface area contributed by atoms with Crippen LogP contribution in [0, 0.1) is 5.82 Å². The van der Waals surface area contributed by atoms with Gasteiger partial charge in [0.05, 0.1) is 10.6 Å². The van der Waals surface area contributed by atoms with E-state index < -0.39 is 25.8 Å². The lowest BCUT2D eigenvalue weighted by Gasteiger charge is -2.16. The van der Waals surface area contributed by atoms with Crippen molar-refractivity contribution in [1.29, 1.82) is 0 Å². The Morgan fingerprint density at radius 1 is 1.07 bits per heavy atom. The van der Waals surface area contributed by atoms with Gasteiger partial charge in [0.1, 0.15) is 5.82 Å². The maximum atomic E-state index is 13.3. The summed E-state index contributed by atoms with van der Waals surface area (Å²) in [7, 11) is -6.30. The van der Waals surface area contributed by atoms with Crippen molar-refractivity contribution < 1.29 is 21.2 Å². The molecule has 0 fully saturated rings. The number of primary sulfonamides is 1. The van der Waals surface area contributed by atoms with Crippen molar-refractivity contribution in [3.8, 4) is 11.1 Å².